The number of nitrogens with one attached hydrogen (secondary N) is 2. The van der Waals surface area contributed by atoms with Gasteiger partial charge in [0.25, 0.3) is 0 Å². The van der Waals surface area contributed by atoms with E-state index in [0.29, 0.717) is 17.0 Å². The standard InChI is InChI=1S/C13H12N4O/c1-7-3-4-14-13-11(7)16-12(17-13)9-6-15-8(2)5-10(9)18/h3-6H,1-2H3,(H,15,18)(H,14,16,17). The molecule has 3 aromatic heterocycles. The largest absolute Gasteiger partial charge is 0.364 e. The van der Waals surface area contributed by atoms with E-state index < -0.39 is 0 Å². The highest BCUT2D eigenvalue weighted by Gasteiger charge is 2.10. The number of fused-ring (bicyclic) bond motifs is 1. The Bertz CT molecular complexity index is 785. The number of nitrogens with zero attached hydrogens (tertiary/aromatic N) is 2. The number of aromatic amines is 2. The fourth-order valence-electron chi connectivity index (χ4n) is 1.92. The summed E-state index contributed by atoms with van der Waals surface area (Å²) >= 11 is 0. The first-order valence-electron chi connectivity index (χ1n) is 5.66. The summed E-state index contributed by atoms with van der Waals surface area (Å²) in [5, 5.41) is 0. The molecule has 0 saturated carbocycles. The van der Waals surface area contributed by atoms with E-state index >= 15 is 0 Å². The smallest absolute Gasteiger partial charge is 0.192 e. The predicted octanol–water partition coefficient (Wildman–Crippen LogP) is 1.93. The number of aryl methyl sites for hydroxylation is 2. The lowest BCUT2D eigenvalue weighted by Gasteiger charge is -1.96. The van der Waals surface area contributed by atoms with Crippen LogP contribution in [0.4, 0.5) is 0 Å². The van der Waals surface area contributed by atoms with E-state index in [4.69, 9.17) is 0 Å². The Morgan fingerprint density at radius 2 is 2.11 bits per heavy atom. The first-order chi connectivity index (χ1) is 8.65. The SMILES string of the molecule is Cc1cc(=O)c(-c2nc3nccc(C)c3[nH]2)c[nH]1. The van der Waals surface area contributed by atoms with Crippen LogP contribution in [0.5, 0.6) is 0 Å². The molecule has 18 heavy (non-hydrogen) atoms. The van der Waals surface area contributed by atoms with Crippen LogP contribution >= 0.6 is 0 Å². The third kappa shape index (κ3) is 1.60. The molecular weight excluding hydrogens is 228 g/mol. The zero-order chi connectivity index (χ0) is 12.7. The minimum Gasteiger partial charge on any atom is -0.364 e. The molecule has 0 fully saturated rings. The van der Waals surface area contributed by atoms with E-state index in [1.165, 1.54) is 0 Å². The highest BCUT2D eigenvalue weighted by Crippen LogP contribution is 2.18. The van der Waals surface area contributed by atoms with Crippen molar-refractivity contribution < 1.29 is 0 Å². The van der Waals surface area contributed by atoms with E-state index in [1.807, 2.05) is 19.9 Å². The number of hydrogen-bond donors (Lipinski definition) is 2. The molecule has 0 spiro atoms. The summed E-state index contributed by atoms with van der Waals surface area (Å²) in [7, 11) is 0. The molecule has 0 amide bonds. The van der Waals surface area contributed by atoms with Crippen molar-refractivity contribution in [1.29, 1.82) is 0 Å². The van der Waals surface area contributed by atoms with E-state index in [9.17, 15) is 4.79 Å². The highest BCUT2D eigenvalue weighted by atomic mass is 16.1. The molecule has 3 rings (SSSR count). The molecule has 5 heteroatoms. The minimum atomic E-state index is -0.0528. The van der Waals surface area contributed by atoms with Crippen molar-refractivity contribution in [3.8, 4) is 11.4 Å². The number of imidazole rings is 1. The van der Waals surface area contributed by atoms with Crippen LogP contribution in [0.25, 0.3) is 22.6 Å². The van der Waals surface area contributed by atoms with Crippen molar-refractivity contribution in [2.75, 3.05) is 0 Å². The number of aromatic nitrogens is 4. The van der Waals surface area contributed by atoms with Gasteiger partial charge >= 0.3 is 0 Å². The molecule has 0 unspecified atom stereocenters. The number of pyridine rings is 2. The number of rotatable bonds is 1. The van der Waals surface area contributed by atoms with E-state index in [1.54, 1.807) is 18.5 Å². The summed E-state index contributed by atoms with van der Waals surface area (Å²) in [4.78, 5) is 26.6. The van der Waals surface area contributed by atoms with Gasteiger partial charge in [0.05, 0.1) is 11.1 Å². The molecule has 3 heterocycles. The van der Waals surface area contributed by atoms with Crippen LogP contribution in [-0.2, 0) is 0 Å². The van der Waals surface area contributed by atoms with Crippen molar-refractivity contribution in [2.45, 2.75) is 13.8 Å². The van der Waals surface area contributed by atoms with Gasteiger partial charge in [-0.15, -0.1) is 0 Å². The van der Waals surface area contributed by atoms with E-state index in [0.717, 1.165) is 16.8 Å². The van der Waals surface area contributed by atoms with Crippen molar-refractivity contribution in [2.24, 2.45) is 0 Å². The first kappa shape index (κ1) is 10.7. The normalized spacial score (nSPS) is 11.0. The Labute approximate surface area is 103 Å². The van der Waals surface area contributed by atoms with Crippen LogP contribution in [-0.4, -0.2) is 19.9 Å². The van der Waals surface area contributed by atoms with Crippen molar-refractivity contribution >= 4 is 11.2 Å². The molecule has 2 N–H and O–H groups in total. The third-order valence-electron chi connectivity index (χ3n) is 2.91. The van der Waals surface area contributed by atoms with Crippen LogP contribution in [0.2, 0.25) is 0 Å². The molecule has 0 atom stereocenters. The zero-order valence-corrected chi connectivity index (χ0v) is 10.1. The average Bonchev–Trinajstić information content (AvgIpc) is 2.74. The lowest BCUT2D eigenvalue weighted by molar-refractivity contribution is 1.17. The predicted molar refractivity (Wildman–Crippen MR) is 69.4 cm³/mol. The fourth-order valence-corrected chi connectivity index (χ4v) is 1.92. The Morgan fingerprint density at radius 3 is 2.83 bits per heavy atom. The summed E-state index contributed by atoms with van der Waals surface area (Å²) in [6.07, 6.45) is 3.38. The summed E-state index contributed by atoms with van der Waals surface area (Å²) < 4.78 is 0. The molecule has 0 aromatic carbocycles. The van der Waals surface area contributed by atoms with E-state index in [2.05, 4.69) is 19.9 Å². The quantitative estimate of drug-likeness (QED) is 0.682. The summed E-state index contributed by atoms with van der Waals surface area (Å²) in [6.45, 7) is 3.82. The molecular formula is C13H12N4O. The second kappa shape index (κ2) is 3.80. The Morgan fingerprint density at radius 1 is 1.28 bits per heavy atom. The molecule has 3 aromatic rings. The zero-order valence-electron chi connectivity index (χ0n) is 10.1. The maximum absolute atomic E-state index is 11.9. The molecule has 0 radical (unpaired) electrons. The van der Waals surface area contributed by atoms with Gasteiger partial charge in [-0.2, -0.15) is 0 Å². The van der Waals surface area contributed by atoms with Crippen LogP contribution in [0.3, 0.4) is 0 Å². The van der Waals surface area contributed by atoms with Crippen molar-refractivity contribution in [3.63, 3.8) is 0 Å². The van der Waals surface area contributed by atoms with Gasteiger partial charge in [-0.05, 0) is 25.5 Å². The summed E-state index contributed by atoms with van der Waals surface area (Å²) in [5.41, 5.74) is 3.86. The van der Waals surface area contributed by atoms with Gasteiger partial charge in [0.1, 0.15) is 5.82 Å². The lowest BCUT2D eigenvalue weighted by atomic mass is 10.2. The Balaban J connectivity index is 2.26. The monoisotopic (exact) mass is 240 g/mol. The highest BCUT2D eigenvalue weighted by molar-refractivity contribution is 5.78. The minimum absolute atomic E-state index is 0.0528. The molecule has 0 aliphatic heterocycles. The molecule has 0 bridgehead atoms. The van der Waals surface area contributed by atoms with Gasteiger partial charge in [-0.1, -0.05) is 0 Å². The Hall–Kier alpha value is -2.43. The van der Waals surface area contributed by atoms with Gasteiger partial charge in [0, 0.05) is 24.2 Å². The molecule has 5 nitrogen and oxygen atoms in total. The third-order valence-corrected chi connectivity index (χ3v) is 2.91. The molecule has 0 aliphatic carbocycles. The lowest BCUT2D eigenvalue weighted by Crippen LogP contribution is -2.05. The maximum atomic E-state index is 11.9. The second-order valence-electron chi connectivity index (χ2n) is 4.31. The van der Waals surface area contributed by atoms with Crippen LogP contribution < -0.4 is 5.43 Å². The van der Waals surface area contributed by atoms with Gasteiger partial charge in [0.15, 0.2) is 11.1 Å². The van der Waals surface area contributed by atoms with Gasteiger partial charge in [0.2, 0.25) is 0 Å². The van der Waals surface area contributed by atoms with Gasteiger partial charge < -0.3 is 9.97 Å². The Kier molecular flexibility index (Phi) is 2.26. The fraction of sp³-hybridized carbons (Fsp3) is 0.154. The molecule has 0 aliphatic rings. The van der Waals surface area contributed by atoms with Crippen molar-refractivity contribution in [1.82, 2.24) is 19.9 Å². The van der Waals surface area contributed by atoms with Crippen molar-refractivity contribution in [3.05, 3.63) is 46.0 Å². The average molecular weight is 240 g/mol. The van der Waals surface area contributed by atoms with Gasteiger partial charge in [-0.25, -0.2) is 9.97 Å². The van der Waals surface area contributed by atoms with Crippen LogP contribution in [0.15, 0.2) is 29.3 Å². The summed E-state index contributed by atoms with van der Waals surface area (Å²) in [5.74, 6) is 0.549. The van der Waals surface area contributed by atoms with Gasteiger partial charge in [-0.3, -0.25) is 4.79 Å². The molecule has 90 valence electrons. The second-order valence-corrected chi connectivity index (χ2v) is 4.31. The van der Waals surface area contributed by atoms with Crippen LogP contribution in [0.1, 0.15) is 11.3 Å². The summed E-state index contributed by atoms with van der Waals surface area (Å²) in [6, 6.07) is 3.46. The maximum Gasteiger partial charge on any atom is 0.192 e. The molecule has 0 saturated heterocycles. The number of hydrogen-bond acceptors (Lipinski definition) is 3. The first-order valence-corrected chi connectivity index (χ1v) is 5.66. The van der Waals surface area contributed by atoms with E-state index in [-0.39, 0.29) is 5.43 Å². The van der Waals surface area contributed by atoms with Crippen LogP contribution in [0, 0.1) is 13.8 Å². The number of H-pyrrole nitrogens is 2. The topological polar surface area (TPSA) is 74.4 Å².